The average molecular weight is 259 g/mol. The van der Waals surface area contributed by atoms with Crippen molar-refractivity contribution in [1.82, 2.24) is 4.98 Å². The molecule has 86 valence electrons. The molecule has 1 aromatic rings. The maximum Gasteiger partial charge on any atom is 0.147 e. The molecule has 0 atom stereocenters. The van der Waals surface area contributed by atoms with Crippen LogP contribution in [0.25, 0.3) is 0 Å². The zero-order valence-corrected chi connectivity index (χ0v) is 10.3. The number of pyridine rings is 1. The second-order valence-electron chi connectivity index (χ2n) is 4.42. The number of hydrogen-bond acceptors (Lipinski definition) is 3. The van der Waals surface area contributed by atoms with E-state index in [4.69, 9.17) is 27.9 Å². The van der Waals surface area contributed by atoms with Crippen LogP contribution in [0.4, 0.5) is 5.82 Å². The van der Waals surface area contributed by atoms with Crippen molar-refractivity contribution in [2.45, 2.75) is 18.4 Å². The van der Waals surface area contributed by atoms with E-state index in [0.29, 0.717) is 10.0 Å². The molecule has 0 saturated carbocycles. The van der Waals surface area contributed by atoms with Crippen LogP contribution in [0, 0.1) is 0 Å². The van der Waals surface area contributed by atoms with E-state index < -0.39 is 0 Å². The summed E-state index contributed by atoms with van der Waals surface area (Å²) in [7, 11) is 0. The number of piperidine rings is 1. The first-order valence-electron chi connectivity index (χ1n) is 5.39. The summed E-state index contributed by atoms with van der Waals surface area (Å²) in [6.07, 6.45) is 3.77. The molecule has 3 rings (SSSR count). The molecule has 0 N–H and O–H groups in total. The molecule has 0 aliphatic carbocycles. The monoisotopic (exact) mass is 258 g/mol. The molecule has 0 radical (unpaired) electrons. The van der Waals surface area contributed by atoms with E-state index in [1.807, 2.05) is 0 Å². The number of aromatic nitrogens is 1. The number of rotatable bonds is 1. The standard InChI is InChI=1S/C11H12Cl2N2O/c12-8-5-9(13)10(14-6-8)15-3-1-11(2-4-15)7-16-11/h5-6H,1-4,7H2. The third-order valence-corrected chi connectivity index (χ3v) is 3.80. The maximum atomic E-state index is 6.13. The van der Waals surface area contributed by atoms with Crippen molar-refractivity contribution in [3.8, 4) is 0 Å². The van der Waals surface area contributed by atoms with E-state index >= 15 is 0 Å². The van der Waals surface area contributed by atoms with E-state index in [1.165, 1.54) is 0 Å². The summed E-state index contributed by atoms with van der Waals surface area (Å²) < 4.78 is 5.47. The molecule has 2 saturated heterocycles. The third kappa shape index (κ3) is 1.88. The molecule has 0 bridgehead atoms. The van der Waals surface area contributed by atoms with E-state index in [9.17, 15) is 0 Å². The normalized spacial score (nSPS) is 22.5. The molecule has 1 spiro atoms. The molecular weight excluding hydrogens is 247 g/mol. The Balaban J connectivity index is 1.77. The Morgan fingerprint density at radius 1 is 1.31 bits per heavy atom. The first kappa shape index (κ1) is 10.6. The number of hydrogen-bond donors (Lipinski definition) is 0. The molecule has 0 unspecified atom stereocenters. The van der Waals surface area contributed by atoms with Crippen LogP contribution in [-0.2, 0) is 4.74 Å². The van der Waals surface area contributed by atoms with Crippen molar-refractivity contribution in [2.24, 2.45) is 0 Å². The van der Waals surface area contributed by atoms with E-state index in [1.54, 1.807) is 12.3 Å². The van der Waals surface area contributed by atoms with Crippen molar-refractivity contribution in [3.63, 3.8) is 0 Å². The number of epoxide rings is 1. The van der Waals surface area contributed by atoms with Crippen molar-refractivity contribution >= 4 is 29.0 Å². The lowest BCUT2D eigenvalue weighted by atomic mass is 9.98. The summed E-state index contributed by atoms with van der Waals surface area (Å²) in [6, 6.07) is 1.74. The van der Waals surface area contributed by atoms with Gasteiger partial charge in [-0.2, -0.15) is 0 Å². The summed E-state index contributed by atoms with van der Waals surface area (Å²) >= 11 is 12.0. The second kappa shape index (κ2) is 3.76. The summed E-state index contributed by atoms with van der Waals surface area (Å²) in [5.41, 5.74) is 0.190. The molecular formula is C11H12Cl2N2O. The van der Waals surface area contributed by atoms with Crippen LogP contribution in [-0.4, -0.2) is 30.3 Å². The SMILES string of the molecule is Clc1cnc(N2CCC3(CC2)CO3)c(Cl)c1. The fourth-order valence-electron chi connectivity index (χ4n) is 2.16. The molecule has 0 amide bonds. The van der Waals surface area contributed by atoms with Gasteiger partial charge in [-0.05, 0) is 18.9 Å². The fraction of sp³-hybridized carbons (Fsp3) is 0.545. The zero-order chi connectivity index (χ0) is 11.2. The van der Waals surface area contributed by atoms with Gasteiger partial charge in [0.25, 0.3) is 0 Å². The average Bonchev–Trinajstić information content (AvgIpc) is 3.00. The molecule has 16 heavy (non-hydrogen) atoms. The summed E-state index contributed by atoms with van der Waals surface area (Å²) in [6.45, 7) is 2.82. The summed E-state index contributed by atoms with van der Waals surface area (Å²) in [5, 5.41) is 1.20. The molecule has 2 aliphatic rings. The maximum absolute atomic E-state index is 6.13. The Morgan fingerprint density at radius 3 is 2.56 bits per heavy atom. The second-order valence-corrected chi connectivity index (χ2v) is 5.26. The van der Waals surface area contributed by atoms with Crippen molar-refractivity contribution in [3.05, 3.63) is 22.3 Å². The highest BCUT2D eigenvalue weighted by Crippen LogP contribution is 2.39. The van der Waals surface area contributed by atoms with Gasteiger partial charge in [0.05, 0.1) is 22.3 Å². The van der Waals surface area contributed by atoms with Crippen LogP contribution < -0.4 is 4.90 Å². The topological polar surface area (TPSA) is 28.7 Å². The lowest BCUT2D eigenvalue weighted by Gasteiger charge is -2.31. The van der Waals surface area contributed by atoms with Gasteiger partial charge < -0.3 is 9.64 Å². The molecule has 2 aliphatic heterocycles. The van der Waals surface area contributed by atoms with Gasteiger partial charge in [0.15, 0.2) is 0 Å². The molecule has 3 nitrogen and oxygen atoms in total. The van der Waals surface area contributed by atoms with Crippen LogP contribution in [0.15, 0.2) is 12.3 Å². The molecule has 0 aromatic carbocycles. The highest BCUT2D eigenvalue weighted by molar-refractivity contribution is 6.36. The van der Waals surface area contributed by atoms with Gasteiger partial charge >= 0.3 is 0 Å². The van der Waals surface area contributed by atoms with Crippen molar-refractivity contribution in [2.75, 3.05) is 24.6 Å². The van der Waals surface area contributed by atoms with Crippen LogP contribution in [0.5, 0.6) is 0 Å². The van der Waals surface area contributed by atoms with Gasteiger partial charge in [0, 0.05) is 19.3 Å². The zero-order valence-electron chi connectivity index (χ0n) is 8.75. The minimum absolute atomic E-state index is 0.190. The predicted molar refractivity (Wildman–Crippen MR) is 64.4 cm³/mol. The van der Waals surface area contributed by atoms with Crippen LogP contribution in [0.2, 0.25) is 10.0 Å². The lowest BCUT2D eigenvalue weighted by molar-refractivity contribution is 0.258. The fourth-order valence-corrected chi connectivity index (χ4v) is 2.66. The summed E-state index contributed by atoms with van der Waals surface area (Å²) in [5.74, 6) is 0.835. The third-order valence-electron chi connectivity index (χ3n) is 3.32. The highest BCUT2D eigenvalue weighted by Gasteiger charge is 2.46. The smallest absolute Gasteiger partial charge is 0.147 e. The first-order valence-corrected chi connectivity index (χ1v) is 6.14. The Kier molecular flexibility index (Phi) is 2.50. The van der Waals surface area contributed by atoms with Crippen LogP contribution >= 0.6 is 23.2 Å². The Morgan fingerprint density at radius 2 is 2.00 bits per heavy atom. The van der Waals surface area contributed by atoms with Crippen molar-refractivity contribution in [1.29, 1.82) is 0 Å². The van der Waals surface area contributed by atoms with Gasteiger partial charge in [-0.15, -0.1) is 0 Å². The first-order chi connectivity index (χ1) is 7.69. The number of halogens is 2. The highest BCUT2D eigenvalue weighted by atomic mass is 35.5. The number of anilines is 1. The molecule has 3 heterocycles. The van der Waals surface area contributed by atoms with Gasteiger partial charge in [0.1, 0.15) is 5.82 Å². The molecule has 5 heteroatoms. The minimum atomic E-state index is 0.190. The van der Waals surface area contributed by atoms with Crippen LogP contribution in [0.3, 0.4) is 0 Å². The summed E-state index contributed by atoms with van der Waals surface area (Å²) in [4.78, 5) is 6.49. The van der Waals surface area contributed by atoms with Crippen LogP contribution in [0.1, 0.15) is 12.8 Å². The van der Waals surface area contributed by atoms with Gasteiger partial charge in [-0.1, -0.05) is 23.2 Å². The largest absolute Gasteiger partial charge is 0.369 e. The van der Waals surface area contributed by atoms with E-state index in [-0.39, 0.29) is 5.60 Å². The molecule has 2 fully saturated rings. The van der Waals surface area contributed by atoms with E-state index in [2.05, 4.69) is 9.88 Å². The predicted octanol–water partition coefficient (Wildman–Crippen LogP) is 2.76. The van der Waals surface area contributed by atoms with Gasteiger partial charge in [0.2, 0.25) is 0 Å². The van der Waals surface area contributed by atoms with Crippen molar-refractivity contribution < 1.29 is 4.74 Å². The number of ether oxygens (including phenoxy) is 1. The lowest BCUT2D eigenvalue weighted by Crippen LogP contribution is -2.38. The minimum Gasteiger partial charge on any atom is -0.369 e. The Hall–Kier alpha value is -0.510. The molecule has 1 aromatic heterocycles. The Labute approximate surface area is 104 Å². The van der Waals surface area contributed by atoms with Gasteiger partial charge in [-0.3, -0.25) is 0 Å². The number of nitrogens with zero attached hydrogens (tertiary/aromatic N) is 2. The van der Waals surface area contributed by atoms with E-state index in [0.717, 1.165) is 38.4 Å². The van der Waals surface area contributed by atoms with Gasteiger partial charge in [-0.25, -0.2) is 4.98 Å². The quantitative estimate of drug-likeness (QED) is 0.726. The Bertz CT molecular complexity index is 410.